The van der Waals surface area contributed by atoms with Crippen LogP contribution in [0.25, 0.3) is 0 Å². The molecule has 0 fully saturated rings. The Morgan fingerprint density at radius 2 is 1.67 bits per heavy atom. The fourth-order valence-corrected chi connectivity index (χ4v) is 1.88. The lowest BCUT2D eigenvalue weighted by atomic mass is 9.99. The van der Waals surface area contributed by atoms with Crippen LogP contribution in [-0.2, 0) is 11.2 Å². The van der Waals surface area contributed by atoms with Crippen LogP contribution in [0, 0.1) is 0 Å². The zero-order valence-electron chi connectivity index (χ0n) is 9.78. The molecule has 3 nitrogen and oxygen atoms in total. The van der Waals surface area contributed by atoms with Gasteiger partial charge in [0.15, 0.2) is 0 Å². The summed E-state index contributed by atoms with van der Waals surface area (Å²) in [6, 6.07) is 16.3. The Bertz CT molecular complexity index is 534. The number of aliphatic hydroxyl groups excluding tert-OH is 1. The van der Waals surface area contributed by atoms with Gasteiger partial charge < -0.3 is 10.2 Å². The molecule has 0 heterocycles. The number of aliphatic carboxylic acids is 1. The molecule has 0 aromatic heterocycles. The summed E-state index contributed by atoms with van der Waals surface area (Å²) in [5.41, 5.74) is 2.19. The van der Waals surface area contributed by atoms with Gasteiger partial charge in [-0.15, -0.1) is 0 Å². The Morgan fingerprint density at radius 3 is 2.33 bits per heavy atom. The summed E-state index contributed by atoms with van der Waals surface area (Å²) < 4.78 is 0. The molecule has 2 aromatic carbocycles. The first-order chi connectivity index (χ1) is 8.66. The first kappa shape index (κ1) is 12.3. The van der Waals surface area contributed by atoms with Gasteiger partial charge >= 0.3 is 5.97 Å². The fraction of sp³-hybridized carbons (Fsp3) is 0.133. The highest BCUT2D eigenvalue weighted by atomic mass is 16.4. The third kappa shape index (κ3) is 2.96. The predicted molar refractivity (Wildman–Crippen MR) is 68.3 cm³/mol. The summed E-state index contributed by atoms with van der Waals surface area (Å²) in [5, 5.41) is 19.0. The average Bonchev–Trinajstić information content (AvgIpc) is 2.38. The second-order valence-electron chi connectivity index (χ2n) is 4.13. The molecule has 0 saturated carbocycles. The number of carboxylic acid groups (broad SMARTS) is 1. The van der Waals surface area contributed by atoms with Crippen molar-refractivity contribution in [2.24, 2.45) is 0 Å². The summed E-state index contributed by atoms with van der Waals surface area (Å²) in [6.45, 7) is 0. The molecule has 0 amide bonds. The number of rotatable bonds is 4. The van der Waals surface area contributed by atoms with Crippen LogP contribution >= 0.6 is 0 Å². The van der Waals surface area contributed by atoms with Crippen molar-refractivity contribution < 1.29 is 15.0 Å². The van der Waals surface area contributed by atoms with Gasteiger partial charge in [-0.05, 0) is 16.7 Å². The van der Waals surface area contributed by atoms with Crippen LogP contribution in [0.15, 0.2) is 54.6 Å². The minimum absolute atomic E-state index is 0.0324. The number of hydrogen-bond donors (Lipinski definition) is 2. The summed E-state index contributed by atoms with van der Waals surface area (Å²) >= 11 is 0. The molecule has 0 saturated heterocycles. The maximum absolute atomic E-state index is 10.7. The first-order valence-corrected chi connectivity index (χ1v) is 5.70. The lowest BCUT2D eigenvalue weighted by Gasteiger charge is -2.12. The summed E-state index contributed by atoms with van der Waals surface area (Å²) in [6.07, 6.45) is -0.755. The minimum Gasteiger partial charge on any atom is -0.481 e. The van der Waals surface area contributed by atoms with Crippen molar-refractivity contribution in [2.75, 3.05) is 0 Å². The molecule has 1 unspecified atom stereocenters. The number of carbonyl (C=O) groups is 1. The van der Waals surface area contributed by atoms with Crippen LogP contribution in [-0.4, -0.2) is 16.2 Å². The third-order valence-corrected chi connectivity index (χ3v) is 2.74. The number of carboxylic acids is 1. The smallest absolute Gasteiger partial charge is 0.307 e. The lowest BCUT2D eigenvalue weighted by Crippen LogP contribution is -2.03. The second-order valence-corrected chi connectivity index (χ2v) is 4.13. The highest BCUT2D eigenvalue weighted by Gasteiger charge is 2.10. The minimum atomic E-state index is -0.874. The van der Waals surface area contributed by atoms with E-state index < -0.39 is 12.1 Å². The Balaban J connectivity index is 2.25. The van der Waals surface area contributed by atoms with Crippen molar-refractivity contribution >= 4 is 5.97 Å². The van der Waals surface area contributed by atoms with E-state index in [1.165, 1.54) is 0 Å². The normalized spacial score (nSPS) is 12.1. The molecule has 92 valence electrons. The SMILES string of the molecule is O=C(O)Cc1cccc(C(O)c2ccccc2)c1. The van der Waals surface area contributed by atoms with E-state index in [9.17, 15) is 9.90 Å². The maximum atomic E-state index is 10.7. The van der Waals surface area contributed by atoms with Crippen LogP contribution < -0.4 is 0 Å². The molecule has 1 atom stereocenters. The van der Waals surface area contributed by atoms with E-state index in [0.29, 0.717) is 11.1 Å². The molecule has 0 aliphatic heterocycles. The van der Waals surface area contributed by atoms with E-state index in [1.807, 2.05) is 30.3 Å². The largest absolute Gasteiger partial charge is 0.481 e. The number of hydrogen-bond acceptors (Lipinski definition) is 2. The van der Waals surface area contributed by atoms with Gasteiger partial charge in [0.25, 0.3) is 0 Å². The number of benzene rings is 2. The predicted octanol–water partition coefficient (Wildman–Crippen LogP) is 2.40. The number of aliphatic hydroxyl groups is 1. The maximum Gasteiger partial charge on any atom is 0.307 e. The van der Waals surface area contributed by atoms with Gasteiger partial charge in [-0.25, -0.2) is 0 Å². The van der Waals surface area contributed by atoms with Crippen molar-refractivity contribution in [3.05, 3.63) is 71.3 Å². The Kier molecular flexibility index (Phi) is 3.75. The molecule has 3 heteroatoms. The average molecular weight is 242 g/mol. The monoisotopic (exact) mass is 242 g/mol. The van der Waals surface area contributed by atoms with E-state index in [0.717, 1.165) is 5.56 Å². The topological polar surface area (TPSA) is 57.5 Å². The van der Waals surface area contributed by atoms with Gasteiger partial charge in [-0.1, -0.05) is 54.6 Å². The summed E-state index contributed by atoms with van der Waals surface area (Å²) in [4.78, 5) is 10.7. The molecular formula is C15H14O3. The molecule has 0 radical (unpaired) electrons. The first-order valence-electron chi connectivity index (χ1n) is 5.70. The molecule has 0 bridgehead atoms. The van der Waals surface area contributed by atoms with Crippen LogP contribution in [0.2, 0.25) is 0 Å². The summed E-state index contributed by atoms with van der Waals surface area (Å²) in [5.74, 6) is -0.874. The zero-order valence-corrected chi connectivity index (χ0v) is 9.78. The zero-order chi connectivity index (χ0) is 13.0. The molecule has 2 rings (SSSR count). The van der Waals surface area contributed by atoms with Crippen molar-refractivity contribution in [3.63, 3.8) is 0 Å². The highest BCUT2D eigenvalue weighted by molar-refractivity contribution is 5.70. The lowest BCUT2D eigenvalue weighted by molar-refractivity contribution is -0.136. The molecule has 2 aromatic rings. The van der Waals surface area contributed by atoms with E-state index in [2.05, 4.69) is 0 Å². The van der Waals surface area contributed by atoms with E-state index >= 15 is 0 Å². The second kappa shape index (κ2) is 5.47. The van der Waals surface area contributed by atoms with Gasteiger partial charge in [-0.2, -0.15) is 0 Å². The molecule has 18 heavy (non-hydrogen) atoms. The van der Waals surface area contributed by atoms with Crippen molar-refractivity contribution in [1.82, 2.24) is 0 Å². The molecule has 0 aliphatic rings. The van der Waals surface area contributed by atoms with Crippen LogP contribution in [0.1, 0.15) is 22.8 Å². The molecule has 2 N–H and O–H groups in total. The van der Waals surface area contributed by atoms with Crippen molar-refractivity contribution in [3.8, 4) is 0 Å². The quantitative estimate of drug-likeness (QED) is 0.865. The van der Waals surface area contributed by atoms with E-state index in [1.54, 1.807) is 24.3 Å². The van der Waals surface area contributed by atoms with Gasteiger partial charge in [0, 0.05) is 0 Å². The van der Waals surface area contributed by atoms with Crippen LogP contribution in [0.3, 0.4) is 0 Å². The van der Waals surface area contributed by atoms with Crippen LogP contribution in [0.5, 0.6) is 0 Å². The molecular weight excluding hydrogens is 228 g/mol. The molecule has 0 aliphatic carbocycles. The standard InChI is InChI=1S/C15H14O3/c16-14(17)10-11-5-4-8-13(9-11)15(18)12-6-2-1-3-7-12/h1-9,15,18H,10H2,(H,16,17). The Hall–Kier alpha value is -2.13. The van der Waals surface area contributed by atoms with Crippen molar-refractivity contribution in [1.29, 1.82) is 0 Å². The van der Waals surface area contributed by atoms with E-state index in [-0.39, 0.29) is 6.42 Å². The van der Waals surface area contributed by atoms with E-state index in [4.69, 9.17) is 5.11 Å². The van der Waals surface area contributed by atoms with Crippen LogP contribution in [0.4, 0.5) is 0 Å². The Morgan fingerprint density at radius 1 is 1.00 bits per heavy atom. The summed E-state index contributed by atoms with van der Waals surface area (Å²) in [7, 11) is 0. The van der Waals surface area contributed by atoms with Gasteiger partial charge in [-0.3, -0.25) is 4.79 Å². The third-order valence-electron chi connectivity index (χ3n) is 2.74. The van der Waals surface area contributed by atoms with Gasteiger partial charge in [0.1, 0.15) is 6.10 Å². The fourth-order valence-electron chi connectivity index (χ4n) is 1.88. The Labute approximate surface area is 105 Å². The highest BCUT2D eigenvalue weighted by Crippen LogP contribution is 2.22. The van der Waals surface area contributed by atoms with Crippen molar-refractivity contribution in [2.45, 2.75) is 12.5 Å². The van der Waals surface area contributed by atoms with Gasteiger partial charge in [0.2, 0.25) is 0 Å². The van der Waals surface area contributed by atoms with Gasteiger partial charge in [0.05, 0.1) is 6.42 Å². The molecule has 0 spiro atoms.